The third-order valence-corrected chi connectivity index (χ3v) is 4.90. The largest absolute Gasteiger partial charge is 0.309 e. The van der Waals surface area contributed by atoms with Gasteiger partial charge in [-0.2, -0.15) is 0 Å². The molecule has 108 valence electrons. The lowest BCUT2D eigenvalue weighted by Gasteiger charge is -2.23. The highest BCUT2D eigenvalue weighted by Crippen LogP contribution is 2.45. The molecule has 2 aromatic rings. The number of benzene rings is 2. The standard InChI is InChI=1S/C19H21NS/c1-14-10-11-19-17(13-14)15(8-6-12-20(2)3)16-7-4-5-9-18(16)21-19/h4-5,7-11,13H,6,12H2,1-3H3/b15-8+. The smallest absolute Gasteiger partial charge is 0.0201 e. The molecule has 0 N–H and O–H groups in total. The average molecular weight is 295 g/mol. The third kappa shape index (κ3) is 3.07. The zero-order valence-corrected chi connectivity index (χ0v) is 13.7. The van der Waals surface area contributed by atoms with Gasteiger partial charge in [0.15, 0.2) is 0 Å². The summed E-state index contributed by atoms with van der Waals surface area (Å²) in [7, 11) is 4.25. The van der Waals surface area contributed by atoms with Gasteiger partial charge in [-0.05, 0) is 56.3 Å². The molecule has 1 aliphatic rings. The predicted octanol–water partition coefficient (Wildman–Crippen LogP) is 4.84. The highest BCUT2D eigenvalue weighted by atomic mass is 32.2. The molecule has 0 bridgehead atoms. The molecule has 0 radical (unpaired) electrons. The molecular weight excluding hydrogens is 274 g/mol. The van der Waals surface area contributed by atoms with E-state index in [1.54, 1.807) is 0 Å². The van der Waals surface area contributed by atoms with Crippen molar-refractivity contribution >= 4 is 17.3 Å². The Morgan fingerprint density at radius 3 is 2.57 bits per heavy atom. The molecule has 1 heterocycles. The number of aryl methyl sites for hydroxylation is 1. The highest BCUT2D eigenvalue weighted by molar-refractivity contribution is 7.99. The topological polar surface area (TPSA) is 3.24 Å². The second-order valence-electron chi connectivity index (χ2n) is 5.81. The Labute approximate surface area is 131 Å². The number of hydrogen-bond donors (Lipinski definition) is 0. The van der Waals surface area contributed by atoms with Gasteiger partial charge in [0.2, 0.25) is 0 Å². The van der Waals surface area contributed by atoms with Gasteiger partial charge in [0.25, 0.3) is 0 Å². The van der Waals surface area contributed by atoms with Crippen LogP contribution in [-0.4, -0.2) is 25.5 Å². The highest BCUT2D eigenvalue weighted by Gasteiger charge is 2.20. The summed E-state index contributed by atoms with van der Waals surface area (Å²) in [4.78, 5) is 4.97. The lowest BCUT2D eigenvalue weighted by molar-refractivity contribution is 0.417. The first-order valence-electron chi connectivity index (χ1n) is 7.38. The van der Waals surface area contributed by atoms with Gasteiger partial charge in [-0.1, -0.05) is 53.7 Å². The fraction of sp³-hybridized carbons (Fsp3) is 0.263. The van der Waals surface area contributed by atoms with E-state index in [0.717, 1.165) is 13.0 Å². The fourth-order valence-corrected chi connectivity index (χ4v) is 3.76. The number of nitrogens with zero attached hydrogens (tertiary/aromatic N) is 1. The van der Waals surface area contributed by atoms with Gasteiger partial charge in [-0.3, -0.25) is 0 Å². The summed E-state index contributed by atoms with van der Waals surface area (Å²) >= 11 is 1.88. The SMILES string of the molecule is Cc1ccc2c(c1)/C(=C/CCN(C)C)c1ccccc1S2. The number of hydrogen-bond acceptors (Lipinski definition) is 2. The van der Waals surface area contributed by atoms with Crippen LogP contribution in [0.25, 0.3) is 5.57 Å². The Morgan fingerprint density at radius 2 is 1.76 bits per heavy atom. The summed E-state index contributed by atoms with van der Waals surface area (Å²) in [5.41, 5.74) is 5.48. The maximum atomic E-state index is 2.40. The van der Waals surface area contributed by atoms with Gasteiger partial charge < -0.3 is 4.90 Å². The van der Waals surface area contributed by atoms with E-state index in [0.29, 0.717) is 0 Å². The van der Waals surface area contributed by atoms with Crippen molar-refractivity contribution < 1.29 is 0 Å². The average Bonchev–Trinajstić information content (AvgIpc) is 2.46. The Kier molecular flexibility index (Phi) is 4.18. The van der Waals surface area contributed by atoms with Crippen LogP contribution in [0.1, 0.15) is 23.1 Å². The third-order valence-electron chi connectivity index (χ3n) is 3.75. The molecule has 3 rings (SSSR count). The normalized spacial score (nSPS) is 15.1. The van der Waals surface area contributed by atoms with Crippen LogP contribution in [-0.2, 0) is 0 Å². The van der Waals surface area contributed by atoms with Crippen LogP contribution >= 0.6 is 11.8 Å². The molecule has 0 fully saturated rings. The van der Waals surface area contributed by atoms with E-state index in [4.69, 9.17) is 0 Å². The molecule has 0 aromatic heterocycles. The number of fused-ring (bicyclic) bond motifs is 2. The van der Waals surface area contributed by atoms with E-state index in [1.807, 2.05) is 11.8 Å². The van der Waals surface area contributed by atoms with Crippen LogP contribution in [0.4, 0.5) is 0 Å². The molecule has 1 aliphatic heterocycles. The zero-order valence-electron chi connectivity index (χ0n) is 12.9. The lowest BCUT2D eigenvalue weighted by atomic mass is 9.95. The molecule has 0 amide bonds. The van der Waals surface area contributed by atoms with Crippen LogP contribution in [0, 0.1) is 6.92 Å². The van der Waals surface area contributed by atoms with Crippen LogP contribution in [0.3, 0.4) is 0 Å². The summed E-state index contributed by atoms with van der Waals surface area (Å²) in [6, 6.07) is 15.5. The van der Waals surface area contributed by atoms with Gasteiger partial charge in [0.1, 0.15) is 0 Å². The summed E-state index contributed by atoms with van der Waals surface area (Å²) < 4.78 is 0. The molecule has 2 heteroatoms. The molecule has 21 heavy (non-hydrogen) atoms. The molecule has 0 atom stereocenters. The maximum Gasteiger partial charge on any atom is 0.0201 e. The predicted molar refractivity (Wildman–Crippen MR) is 92.0 cm³/mol. The summed E-state index contributed by atoms with van der Waals surface area (Å²) in [5, 5.41) is 0. The molecule has 0 spiro atoms. The van der Waals surface area contributed by atoms with E-state index < -0.39 is 0 Å². The van der Waals surface area contributed by atoms with Crippen molar-refractivity contribution in [2.24, 2.45) is 0 Å². The van der Waals surface area contributed by atoms with Crippen molar-refractivity contribution in [3.05, 3.63) is 65.2 Å². The summed E-state index contributed by atoms with van der Waals surface area (Å²) in [5.74, 6) is 0. The maximum absolute atomic E-state index is 2.40. The van der Waals surface area contributed by atoms with Crippen molar-refractivity contribution in [3.8, 4) is 0 Å². The molecular formula is C19H21NS. The van der Waals surface area contributed by atoms with Crippen molar-refractivity contribution in [1.82, 2.24) is 4.90 Å². The Morgan fingerprint density at radius 1 is 1.00 bits per heavy atom. The minimum absolute atomic E-state index is 1.08. The summed E-state index contributed by atoms with van der Waals surface area (Å²) in [6.07, 6.45) is 3.48. The van der Waals surface area contributed by atoms with Crippen LogP contribution < -0.4 is 0 Å². The Bertz CT molecular complexity index is 686. The Balaban J connectivity index is 2.06. The van der Waals surface area contributed by atoms with E-state index in [2.05, 4.69) is 74.5 Å². The summed E-state index contributed by atoms with van der Waals surface area (Å²) in [6.45, 7) is 3.25. The van der Waals surface area contributed by atoms with E-state index in [1.165, 1.54) is 32.1 Å². The van der Waals surface area contributed by atoms with Crippen LogP contribution in [0.15, 0.2) is 58.3 Å². The van der Waals surface area contributed by atoms with Gasteiger partial charge in [-0.25, -0.2) is 0 Å². The van der Waals surface area contributed by atoms with Crippen LogP contribution in [0.5, 0.6) is 0 Å². The first-order valence-corrected chi connectivity index (χ1v) is 8.20. The van der Waals surface area contributed by atoms with E-state index in [-0.39, 0.29) is 0 Å². The lowest BCUT2D eigenvalue weighted by Crippen LogP contribution is -2.12. The van der Waals surface area contributed by atoms with Crippen molar-refractivity contribution in [3.63, 3.8) is 0 Å². The van der Waals surface area contributed by atoms with Crippen molar-refractivity contribution in [1.29, 1.82) is 0 Å². The fourth-order valence-electron chi connectivity index (χ4n) is 2.67. The molecule has 0 saturated heterocycles. The van der Waals surface area contributed by atoms with E-state index in [9.17, 15) is 0 Å². The van der Waals surface area contributed by atoms with Gasteiger partial charge in [-0.15, -0.1) is 0 Å². The number of rotatable bonds is 3. The quantitative estimate of drug-likeness (QED) is 0.680. The van der Waals surface area contributed by atoms with Crippen molar-refractivity contribution in [2.75, 3.05) is 20.6 Å². The monoisotopic (exact) mass is 295 g/mol. The minimum Gasteiger partial charge on any atom is -0.309 e. The molecule has 2 aromatic carbocycles. The zero-order chi connectivity index (χ0) is 14.8. The minimum atomic E-state index is 1.08. The molecule has 0 unspecified atom stereocenters. The van der Waals surface area contributed by atoms with Crippen LogP contribution in [0.2, 0.25) is 0 Å². The van der Waals surface area contributed by atoms with Gasteiger partial charge >= 0.3 is 0 Å². The molecule has 0 aliphatic carbocycles. The van der Waals surface area contributed by atoms with Gasteiger partial charge in [0.05, 0.1) is 0 Å². The van der Waals surface area contributed by atoms with Crippen molar-refractivity contribution in [2.45, 2.75) is 23.1 Å². The molecule has 0 saturated carbocycles. The van der Waals surface area contributed by atoms with Gasteiger partial charge in [0, 0.05) is 16.3 Å². The van der Waals surface area contributed by atoms with E-state index >= 15 is 0 Å². The molecule has 1 nitrogen and oxygen atoms in total. The first kappa shape index (κ1) is 14.4. The second-order valence-corrected chi connectivity index (χ2v) is 6.89. The Hall–Kier alpha value is -1.51. The second kappa shape index (κ2) is 6.08. The first-order chi connectivity index (χ1) is 10.1.